The number of carbonyl (C=O) groups is 1. The standard InChI is InChI=1S/C17H22N4O3/c1-12(22)21-9-3-6-14(21)13-5-2-8-20(13)11-16-18-17(19-24-16)15-7-4-10-23-15/h4,7,10,13-14H,2-3,5-6,8-9,11H2,1H3/t13-,14+/m0/s1. The van der Waals surface area contributed by atoms with Crippen molar-refractivity contribution < 1.29 is 13.7 Å². The van der Waals surface area contributed by atoms with Crippen molar-refractivity contribution >= 4 is 5.91 Å². The van der Waals surface area contributed by atoms with Crippen LogP contribution in [0, 0.1) is 0 Å². The number of furan rings is 1. The summed E-state index contributed by atoms with van der Waals surface area (Å²) in [5.74, 6) is 1.88. The summed E-state index contributed by atoms with van der Waals surface area (Å²) in [6, 6.07) is 4.32. The smallest absolute Gasteiger partial charge is 0.241 e. The summed E-state index contributed by atoms with van der Waals surface area (Å²) in [6.07, 6.45) is 6.04. The minimum absolute atomic E-state index is 0.183. The Kier molecular flexibility index (Phi) is 4.10. The first-order valence-corrected chi connectivity index (χ1v) is 8.60. The Bertz CT molecular complexity index is 697. The molecule has 0 bridgehead atoms. The van der Waals surface area contributed by atoms with Gasteiger partial charge in [-0.3, -0.25) is 9.69 Å². The van der Waals surface area contributed by atoms with Crippen LogP contribution in [-0.2, 0) is 11.3 Å². The maximum atomic E-state index is 11.9. The highest BCUT2D eigenvalue weighted by Crippen LogP contribution is 2.31. The molecule has 0 aromatic carbocycles. The van der Waals surface area contributed by atoms with Crippen molar-refractivity contribution in [2.24, 2.45) is 0 Å². The maximum Gasteiger partial charge on any atom is 0.241 e. The van der Waals surface area contributed by atoms with Crippen molar-refractivity contribution in [2.45, 2.75) is 51.2 Å². The number of likely N-dealkylation sites (tertiary alicyclic amines) is 2. The first-order valence-electron chi connectivity index (χ1n) is 8.60. The molecule has 24 heavy (non-hydrogen) atoms. The van der Waals surface area contributed by atoms with Crippen LogP contribution in [0.4, 0.5) is 0 Å². The molecular weight excluding hydrogens is 308 g/mol. The molecular formula is C17H22N4O3. The molecule has 2 fully saturated rings. The van der Waals surface area contributed by atoms with Crippen LogP contribution in [0.2, 0.25) is 0 Å². The second-order valence-corrected chi connectivity index (χ2v) is 6.59. The molecule has 128 valence electrons. The van der Waals surface area contributed by atoms with E-state index in [0.29, 0.717) is 36.1 Å². The van der Waals surface area contributed by atoms with Crippen LogP contribution in [0.1, 0.15) is 38.5 Å². The predicted molar refractivity (Wildman–Crippen MR) is 85.8 cm³/mol. The lowest BCUT2D eigenvalue weighted by atomic mass is 10.0. The third kappa shape index (κ3) is 2.84. The summed E-state index contributed by atoms with van der Waals surface area (Å²) in [5.41, 5.74) is 0. The van der Waals surface area contributed by atoms with Crippen molar-refractivity contribution in [3.05, 3.63) is 24.3 Å². The van der Waals surface area contributed by atoms with Gasteiger partial charge >= 0.3 is 0 Å². The number of rotatable bonds is 4. The van der Waals surface area contributed by atoms with Crippen molar-refractivity contribution in [3.8, 4) is 11.6 Å². The molecule has 4 rings (SSSR count). The third-order valence-electron chi connectivity index (χ3n) is 5.11. The van der Waals surface area contributed by atoms with Crippen molar-refractivity contribution in [1.29, 1.82) is 0 Å². The molecule has 0 unspecified atom stereocenters. The van der Waals surface area contributed by atoms with Gasteiger partial charge in [0.25, 0.3) is 0 Å². The van der Waals surface area contributed by atoms with Gasteiger partial charge in [-0.25, -0.2) is 0 Å². The lowest BCUT2D eigenvalue weighted by Crippen LogP contribution is -2.47. The monoisotopic (exact) mass is 330 g/mol. The Balaban J connectivity index is 1.47. The highest BCUT2D eigenvalue weighted by atomic mass is 16.5. The first-order chi connectivity index (χ1) is 11.7. The fourth-order valence-electron chi connectivity index (χ4n) is 4.07. The van der Waals surface area contributed by atoms with Gasteiger partial charge in [0.1, 0.15) is 0 Å². The van der Waals surface area contributed by atoms with Crippen LogP contribution in [0.3, 0.4) is 0 Å². The van der Waals surface area contributed by atoms with Gasteiger partial charge in [0, 0.05) is 25.6 Å². The van der Waals surface area contributed by atoms with E-state index in [9.17, 15) is 4.79 Å². The fraction of sp³-hybridized carbons (Fsp3) is 0.588. The van der Waals surface area contributed by atoms with Crippen LogP contribution >= 0.6 is 0 Å². The van der Waals surface area contributed by atoms with Crippen LogP contribution in [0.5, 0.6) is 0 Å². The van der Waals surface area contributed by atoms with Crippen molar-refractivity contribution in [2.75, 3.05) is 13.1 Å². The van der Waals surface area contributed by atoms with E-state index < -0.39 is 0 Å². The largest absolute Gasteiger partial charge is 0.461 e. The predicted octanol–water partition coefficient (Wildman–Crippen LogP) is 2.30. The lowest BCUT2D eigenvalue weighted by molar-refractivity contribution is -0.130. The molecule has 0 aliphatic carbocycles. The van der Waals surface area contributed by atoms with Gasteiger partial charge in [-0.05, 0) is 44.4 Å². The van der Waals surface area contributed by atoms with E-state index >= 15 is 0 Å². The van der Waals surface area contributed by atoms with E-state index in [4.69, 9.17) is 8.94 Å². The number of hydrogen-bond donors (Lipinski definition) is 0. The van der Waals surface area contributed by atoms with Gasteiger partial charge in [0.05, 0.1) is 12.8 Å². The molecule has 2 aromatic rings. The highest BCUT2D eigenvalue weighted by molar-refractivity contribution is 5.74. The van der Waals surface area contributed by atoms with Crippen LogP contribution in [0.15, 0.2) is 27.3 Å². The topological polar surface area (TPSA) is 75.6 Å². The zero-order valence-electron chi connectivity index (χ0n) is 13.9. The summed E-state index contributed by atoms with van der Waals surface area (Å²) < 4.78 is 10.7. The molecule has 2 atom stereocenters. The number of aromatic nitrogens is 2. The van der Waals surface area contributed by atoms with Crippen molar-refractivity contribution in [3.63, 3.8) is 0 Å². The quantitative estimate of drug-likeness (QED) is 0.856. The van der Waals surface area contributed by atoms with Gasteiger partial charge in [-0.2, -0.15) is 4.98 Å². The Morgan fingerprint density at radius 3 is 2.92 bits per heavy atom. The molecule has 2 aliphatic heterocycles. The Morgan fingerprint density at radius 1 is 1.29 bits per heavy atom. The van der Waals surface area contributed by atoms with Crippen molar-refractivity contribution in [1.82, 2.24) is 19.9 Å². The summed E-state index contributed by atoms with van der Waals surface area (Å²) >= 11 is 0. The Morgan fingerprint density at radius 2 is 2.12 bits per heavy atom. The molecule has 4 heterocycles. The number of hydrogen-bond acceptors (Lipinski definition) is 6. The van der Waals surface area contributed by atoms with E-state index in [-0.39, 0.29) is 5.91 Å². The van der Waals surface area contributed by atoms with Gasteiger partial charge in [0.15, 0.2) is 5.76 Å². The van der Waals surface area contributed by atoms with E-state index in [2.05, 4.69) is 15.0 Å². The second-order valence-electron chi connectivity index (χ2n) is 6.59. The molecule has 2 aromatic heterocycles. The zero-order chi connectivity index (χ0) is 16.5. The van der Waals surface area contributed by atoms with Gasteiger partial charge < -0.3 is 13.8 Å². The maximum absolute atomic E-state index is 11.9. The molecule has 2 saturated heterocycles. The Labute approximate surface area is 140 Å². The first kappa shape index (κ1) is 15.4. The average Bonchev–Trinajstić information content (AvgIpc) is 3.35. The molecule has 0 N–H and O–H groups in total. The van der Waals surface area contributed by atoms with E-state index in [1.165, 1.54) is 0 Å². The number of nitrogens with zero attached hydrogens (tertiary/aromatic N) is 4. The van der Waals surface area contributed by atoms with Gasteiger partial charge in [0.2, 0.25) is 17.6 Å². The molecule has 0 saturated carbocycles. The minimum atomic E-state index is 0.183. The minimum Gasteiger partial charge on any atom is -0.461 e. The molecule has 7 heteroatoms. The van der Waals surface area contributed by atoms with Gasteiger partial charge in [-0.15, -0.1) is 0 Å². The molecule has 1 amide bonds. The molecule has 0 spiro atoms. The third-order valence-corrected chi connectivity index (χ3v) is 5.11. The SMILES string of the molecule is CC(=O)N1CCC[C@@H]1[C@@H]1CCCN1Cc1nc(-c2ccco2)no1. The van der Waals surface area contributed by atoms with E-state index in [0.717, 1.165) is 38.8 Å². The van der Waals surface area contributed by atoms with E-state index in [1.54, 1.807) is 19.3 Å². The molecule has 7 nitrogen and oxygen atoms in total. The molecule has 2 aliphatic rings. The summed E-state index contributed by atoms with van der Waals surface area (Å²) in [7, 11) is 0. The van der Waals surface area contributed by atoms with E-state index in [1.807, 2.05) is 11.0 Å². The molecule has 0 radical (unpaired) electrons. The summed E-state index contributed by atoms with van der Waals surface area (Å²) in [5, 5.41) is 4.00. The van der Waals surface area contributed by atoms with Crippen LogP contribution in [0.25, 0.3) is 11.6 Å². The highest BCUT2D eigenvalue weighted by Gasteiger charge is 2.39. The average molecular weight is 330 g/mol. The normalized spacial score (nSPS) is 24.8. The zero-order valence-corrected chi connectivity index (χ0v) is 13.9. The summed E-state index contributed by atoms with van der Waals surface area (Å²) in [6.45, 7) is 4.19. The Hall–Kier alpha value is -2.15. The number of amides is 1. The van der Waals surface area contributed by atoms with Crippen LogP contribution in [-0.4, -0.2) is 51.0 Å². The fourth-order valence-corrected chi connectivity index (χ4v) is 4.07. The number of carbonyl (C=O) groups excluding carboxylic acids is 1. The summed E-state index contributed by atoms with van der Waals surface area (Å²) in [4.78, 5) is 20.7. The second kappa shape index (κ2) is 6.39. The van der Waals surface area contributed by atoms with Gasteiger partial charge in [-0.1, -0.05) is 5.16 Å². The lowest BCUT2D eigenvalue weighted by Gasteiger charge is -2.33. The van der Waals surface area contributed by atoms with Crippen LogP contribution < -0.4 is 0 Å².